The fourth-order valence-corrected chi connectivity index (χ4v) is 4.48. The number of nitrogens with one attached hydrogen (secondary N) is 2. The lowest BCUT2D eigenvalue weighted by atomic mass is 10.1. The SMILES string of the molecule is CCC(NC)C(=O)N1C[C@H](O)C[C@H]1C(=O)NCc1ccc(-c2scnc2C)cc1. The van der Waals surface area contributed by atoms with E-state index in [0.717, 1.165) is 21.7 Å². The highest BCUT2D eigenvalue weighted by atomic mass is 32.1. The minimum atomic E-state index is -0.675. The molecule has 0 spiro atoms. The molecule has 0 bridgehead atoms. The van der Waals surface area contributed by atoms with Gasteiger partial charge in [-0.25, -0.2) is 4.98 Å². The van der Waals surface area contributed by atoms with Crippen LogP contribution in [0.3, 0.4) is 0 Å². The van der Waals surface area contributed by atoms with E-state index in [-0.39, 0.29) is 30.8 Å². The molecule has 8 heteroatoms. The zero-order chi connectivity index (χ0) is 21.0. The number of likely N-dealkylation sites (tertiary alicyclic amines) is 1. The number of aromatic nitrogens is 1. The summed E-state index contributed by atoms with van der Waals surface area (Å²) < 4.78 is 0. The van der Waals surface area contributed by atoms with Crippen LogP contribution < -0.4 is 10.6 Å². The minimum Gasteiger partial charge on any atom is -0.391 e. The van der Waals surface area contributed by atoms with Crippen LogP contribution in [-0.2, 0) is 16.1 Å². The number of benzene rings is 1. The van der Waals surface area contributed by atoms with Gasteiger partial charge in [0.2, 0.25) is 11.8 Å². The average molecular weight is 417 g/mol. The number of hydrogen-bond donors (Lipinski definition) is 3. The molecule has 2 heterocycles. The highest BCUT2D eigenvalue weighted by molar-refractivity contribution is 7.13. The first-order chi connectivity index (χ1) is 13.9. The van der Waals surface area contributed by atoms with E-state index >= 15 is 0 Å². The number of amides is 2. The number of rotatable bonds is 7. The summed E-state index contributed by atoms with van der Waals surface area (Å²) in [7, 11) is 1.73. The van der Waals surface area contributed by atoms with Crippen LogP contribution in [0.15, 0.2) is 29.8 Å². The van der Waals surface area contributed by atoms with Crippen LogP contribution in [0.25, 0.3) is 10.4 Å². The number of likely N-dealkylation sites (N-methyl/N-ethyl adjacent to an activating group) is 1. The number of aryl methyl sites for hydroxylation is 1. The largest absolute Gasteiger partial charge is 0.391 e. The Labute approximate surface area is 175 Å². The highest BCUT2D eigenvalue weighted by Crippen LogP contribution is 2.27. The first-order valence-corrected chi connectivity index (χ1v) is 10.8. The van der Waals surface area contributed by atoms with Crippen LogP contribution in [0, 0.1) is 6.92 Å². The van der Waals surface area contributed by atoms with E-state index in [2.05, 4.69) is 15.6 Å². The van der Waals surface area contributed by atoms with Crippen LogP contribution in [0.1, 0.15) is 31.0 Å². The molecule has 1 aromatic carbocycles. The van der Waals surface area contributed by atoms with E-state index in [1.807, 2.05) is 43.6 Å². The van der Waals surface area contributed by atoms with Crippen LogP contribution in [-0.4, -0.2) is 58.6 Å². The Morgan fingerprint density at radius 2 is 2.07 bits per heavy atom. The Balaban J connectivity index is 1.62. The maximum Gasteiger partial charge on any atom is 0.243 e. The molecule has 7 nitrogen and oxygen atoms in total. The van der Waals surface area contributed by atoms with E-state index < -0.39 is 12.1 Å². The molecule has 1 fully saturated rings. The van der Waals surface area contributed by atoms with Crippen LogP contribution in [0.2, 0.25) is 0 Å². The molecule has 1 unspecified atom stereocenters. The van der Waals surface area contributed by atoms with Crippen LogP contribution >= 0.6 is 11.3 Å². The Kier molecular flexibility index (Phi) is 7.00. The third kappa shape index (κ3) is 4.83. The molecular formula is C21H28N4O3S. The maximum absolute atomic E-state index is 12.7. The maximum atomic E-state index is 12.7. The van der Waals surface area contributed by atoms with Crippen molar-refractivity contribution in [1.82, 2.24) is 20.5 Å². The van der Waals surface area contributed by atoms with Crippen molar-refractivity contribution in [2.45, 2.75) is 51.4 Å². The van der Waals surface area contributed by atoms with Gasteiger partial charge in [0.05, 0.1) is 28.2 Å². The normalized spacial score (nSPS) is 19.9. The summed E-state index contributed by atoms with van der Waals surface area (Å²) in [4.78, 5) is 32.3. The van der Waals surface area contributed by atoms with E-state index in [0.29, 0.717) is 13.0 Å². The van der Waals surface area contributed by atoms with E-state index in [4.69, 9.17) is 0 Å². The lowest BCUT2D eigenvalue weighted by molar-refractivity contribution is -0.140. The van der Waals surface area contributed by atoms with Gasteiger partial charge in [-0.05, 0) is 31.5 Å². The second-order valence-electron chi connectivity index (χ2n) is 7.33. The Morgan fingerprint density at radius 3 is 2.66 bits per heavy atom. The second-order valence-corrected chi connectivity index (χ2v) is 8.18. The van der Waals surface area contributed by atoms with E-state index in [9.17, 15) is 14.7 Å². The highest BCUT2D eigenvalue weighted by Gasteiger charge is 2.40. The Bertz CT molecular complexity index is 848. The zero-order valence-electron chi connectivity index (χ0n) is 17.0. The van der Waals surface area contributed by atoms with Gasteiger partial charge in [0.1, 0.15) is 6.04 Å². The monoisotopic (exact) mass is 416 g/mol. The van der Waals surface area contributed by atoms with Crippen molar-refractivity contribution in [3.63, 3.8) is 0 Å². The molecule has 0 saturated carbocycles. The predicted molar refractivity (Wildman–Crippen MR) is 113 cm³/mol. The number of aliphatic hydroxyl groups is 1. The minimum absolute atomic E-state index is 0.143. The molecule has 1 saturated heterocycles. The molecule has 156 valence electrons. The summed E-state index contributed by atoms with van der Waals surface area (Å²) in [5.41, 5.74) is 4.92. The number of aliphatic hydroxyl groups excluding tert-OH is 1. The number of carbonyl (C=O) groups excluding carboxylic acids is 2. The van der Waals surface area contributed by atoms with Gasteiger partial charge in [0, 0.05) is 19.5 Å². The molecule has 3 rings (SSSR count). The second kappa shape index (κ2) is 9.47. The van der Waals surface area contributed by atoms with Crippen LogP contribution in [0.4, 0.5) is 0 Å². The zero-order valence-corrected chi connectivity index (χ0v) is 17.8. The molecular weight excluding hydrogens is 388 g/mol. The summed E-state index contributed by atoms with van der Waals surface area (Å²) in [6.07, 6.45) is 0.217. The molecule has 0 radical (unpaired) electrons. The summed E-state index contributed by atoms with van der Waals surface area (Å²) >= 11 is 1.61. The van der Waals surface area contributed by atoms with Crippen molar-refractivity contribution >= 4 is 23.2 Å². The first kappa shape index (κ1) is 21.4. The van der Waals surface area contributed by atoms with Crippen molar-refractivity contribution < 1.29 is 14.7 Å². The molecule has 29 heavy (non-hydrogen) atoms. The number of carbonyl (C=O) groups is 2. The number of nitrogens with zero attached hydrogens (tertiary/aromatic N) is 2. The fraction of sp³-hybridized carbons (Fsp3) is 0.476. The van der Waals surface area contributed by atoms with Crippen molar-refractivity contribution in [3.05, 3.63) is 41.0 Å². The van der Waals surface area contributed by atoms with Gasteiger partial charge in [-0.2, -0.15) is 0 Å². The van der Waals surface area contributed by atoms with Crippen molar-refractivity contribution in [3.8, 4) is 10.4 Å². The molecule has 0 aliphatic carbocycles. The average Bonchev–Trinajstić information content (AvgIpc) is 3.33. The molecule has 2 aromatic rings. The molecule has 3 atom stereocenters. The third-order valence-corrected chi connectivity index (χ3v) is 6.33. The predicted octanol–water partition coefficient (Wildman–Crippen LogP) is 1.69. The van der Waals surface area contributed by atoms with E-state index in [1.165, 1.54) is 4.90 Å². The van der Waals surface area contributed by atoms with Crippen molar-refractivity contribution in [1.29, 1.82) is 0 Å². The lowest BCUT2D eigenvalue weighted by Crippen LogP contribution is -2.51. The van der Waals surface area contributed by atoms with Gasteiger partial charge in [0.25, 0.3) is 0 Å². The quantitative estimate of drug-likeness (QED) is 0.639. The van der Waals surface area contributed by atoms with Crippen molar-refractivity contribution in [2.24, 2.45) is 0 Å². The summed E-state index contributed by atoms with van der Waals surface area (Å²) in [5.74, 6) is -0.376. The van der Waals surface area contributed by atoms with Crippen molar-refractivity contribution in [2.75, 3.05) is 13.6 Å². The molecule has 1 aliphatic rings. The Hall–Kier alpha value is -2.29. The first-order valence-electron chi connectivity index (χ1n) is 9.87. The smallest absolute Gasteiger partial charge is 0.243 e. The topological polar surface area (TPSA) is 94.6 Å². The van der Waals surface area contributed by atoms with Crippen LogP contribution in [0.5, 0.6) is 0 Å². The third-order valence-electron chi connectivity index (χ3n) is 5.35. The van der Waals surface area contributed by atoms with Gasteiger partial charge in [-0.1, -0.05) is 31.2 Å². The lowest BCUT2D eigenvalue weighted by Gasteiger charge is -2.27. The van der Waals surface area contributed by atoms with Gasteiger partial charge in [-0.3, -0.25) is 9.59 Å². The summed E-state index contributed by atoms with van der Waals surface area (Å²) in [6, 6.07) is 7.02. The molecule has 2 amide bonds. The molecule has 1 aromatic heterocycles. The van der Waals surface area contributed by atoms with Gasteiger partial charge in [0.15, 0.2) is 0 Å². The molecule has 1 aliphatic heterocycles. The standard InChI is InChI=1S/C21H28N4O3S/c1-4-17(22-3)21(28)25-11-16(26)9-18(25)20(27)23-10-14-5-7-15(8-6-14)19-13(2)24-12-29-19/h5-8,12,16-18,22,26H,4,9-11H2,1-3H3,(H,23,27)/t16-,17?,18+/m1/s1. The number of hydrogen-bond acceptors (Lipinski definition) is 6. The number of β-amino-alcohol motifs (C(OH)–C–C–N with tert-alkyl or cyclic N) is 1. The van der Waals surface area contributed by atoms with E-state index in [1.54, 1.807) is 18.4 Å². The van der Waals surface area contributed by atoms with Gasteiger partial charge < -0.3 is 20.6 Å². The van der Waals surface area contributed by atoms with Gasteiger partial charge >= 0.3 is 0 Å². The Morgan fingerprint density at radius 1 is 1.34 bits per heavy atom. The summed E-state index contributed by atoms with van der Waals surface area (Å²) in [6.45, 7) is 4.47. The molecule has 3 N–H and O–H groups in total. The van der Waals surface area contributed by atoms with Gasteiger partial charge in [-0.15, -0.1) is 11.3 Å². The fourth-order valence-electron chi connectivity index (χ4n) is 3.67. The summed E-state index contributed by atoms with van der Waals surface area (Å²) in [5, 5.41) is 15.9. The number of thiazole rings is 1.